The summed E-state index contributed by atoms with van der Waals surface area (Å²) in [6, 6.07) is 7.67. The predicted molar refractivity (Wildman–Crippen MR) is 62.8 cm³/mol. The first-order valence-electron chi connectivity index (χ1n) is 4.64. The van der Waals surface area contributed by atoms with Gasteiger partial charge in [0.05, 0.1) is 10.7 Å². The molecule has 0 spiro atoms. The van der Waals surface area contributed by atoms with Crippen molar-refractivity contribution in [2.75, 3.05) is 5.73 Å². The summed E-state index contributed by atoms with van der Waals surface area (Å²) in [5.74, 6) is 0.627. The Labute approximate surface area is 93.5 Å². The summed E-state index contributed by atoms with van der Waals surface area (Å²) in [7, 11) is 1.81. The molecule has 3 nitrogen and oxygen atoms in total. The Hall–Kier alpha value is -1.48. The lowest BCUT2D eigenvalue weighted by Crippen LogP contribution is -1.96. The monoisotopic (exact) mass is 221 g/mol. The SMILES string of the molecule is Cc1ccc(Cl)c(-c2cc(N)n(C)n2)c1. The molecule has 0 fully saturated rings. The van der Waals surface area contributed by atoms with E-state index in [1.165, 1.54) is 0 Å². The molecule has 0 bridgehead atoms. The topological polar surface area (TPSA) is 43.8 Å². The van der Waals surface area contributed by atoms with Crippen LogP contribution in [-0.2, 0) is 7.05 Å². The number of nitrogen functional groups attached to an aromatic ring is 1. The quantitative estimate of drug-likeness (QED) is 0.805. The summed E-state index contributed by atoms with van der Waals surface area (Å²) in [4.78, 5) is 0. The zero-order chi connectivity index (χ0) is 11.0. The molecule has 0 aliphatic carbocycles. The van der Waals surface area contributed by atoms with Crippen molar-refractivity contribution in [2.24, 2.45) is 7.05 Å². The third-order valence-corrected chi connectivity index (χ3v) is 2.64. The molecule has 2 aromatic rings. The molecule has 1 aromatic heterocycles. The molecular formula is C11H12ClN3. The van der Waals surface area contributed by atoms with Gasteiger partial charge in [0, 0.05) is 18.7 Å². The van der Waals surface area contributed by atoms with E-state index in [1.54, 1.807) is 4.68 Å². The lowest BCUT2D eigenvalue weighted by molar-refractivity contribution is 0.782. The van der Waals surface area contributed by atoms with Crippen LogP contribution in [0.4, 0.5) is 5.82 Å². The number of nitrogens with two attached hydrogens (primary N) is 1. The summed E-state index contributed by atoms with van der Waals surface area (Å²) >= 11 is 6.10. The summed E-state index contributed by atoms with van der Waals surface area (Å²) in [5, 5.41) is 4.98. The number of hydrogen-bond donors (Lipinski definition) is 1. The molecule has 4 heteroatoms. The average molecular weight is 222 g/mol. The van der Waals surface area contributed by atoms with Gasteiger partial charge in [-0.3, -0.25) is 4.68 Å². The highest BCUT2D eigenvalue weighted by Gasteiger charge is 2.08. The molecule has 2 N–H and O–H groups in total. The second-order valence-corrected chi connectivity index (χ2v) is 3.97. The minimum atomic E-state index is 0.627. The highest BCUT2D eigenvalue weighted by Crippen LogP contribution is 2.28. The minimum Gasteiger partial charge on any atom is -0.384 e. The lowest BCUT2D eigenvalue weighted by atomic mass is 10.1. The van der Waals surface area contributed by atoms with Crippen LogP contribution in [0.1, 0.15) is 5.56 Å². The fourth-order valence-corrected chi connectivity index (χ4v) is 1.66. The maximum absolute atomic E-state index is 6.10. The molecule has 0 aliphatic rings. The highest BCUT2D eigenvalue weighted by atomic mass is 35.5. The number of rotatable bonds is 1. The standard InChI is InChI=1S/C11H12ClN3/c1-7-3-4-9(12)8(5-7)10-6-11(13)15(2)14-10/h3-6H,13H2,1-2H3. The van der Waals surface area contributed by atoms with Crippen LogP contribution in [0.15, 0.2) is 24.3 Å². The number of benzene rings is 1. The molecule has 0 radical (unpaired) electrons. The van der Waals surface area contributed by atoms with Gasteiger partial charge in [0.1, 0.15) is 5.82 Å². The normalized spacial score (nSPS) is 10.6. The van der Waals surface area contributed by atoms with Gasteiger partial charge in [0.15, 0.2) is 0 Å². The van der Waals surface area contributed by atoms with Crippen molar-refractivity contribution in [3.8, 4) is 11.3 Å². The number of halogens is 1. The van der Waals surface area contributed by atoms with E-state index in [9.17, 15) is 0 Å². The second kappa shape index (κ2) is 3.59. The molecule has 1 aromatic carbocycles. The Bertz CT molecular complexity index is 483. The number of nitrogens with zero attached hydrogens (tertiary/aromatic N) is 2. The second-order valence-electron chi connectivity index (χ2n) is 3.56. The zero-order valence-corrected chi connectivity index (χ0v) is 9.42. The van der Waals surface area contributed by atoms with Crippen LogP contribution in [0.3, 0.4) is 0 Å². The van der Waals surface area contributed by atoms with E-state index in [1.807, 2.05) is 38.2 Å². The van der Waals surface area contributed by atoms with E-state index < -0.39 is 0 Å². The van der Waals surface area contributed by atoms with Crippen molar-refractivity contribution in [3.05, 3.63) is 34.9 Å². The van der Waals surface area contributed by atoms with Crippen molar-refractivity contribution < 1.29 is 0 Å². The number of anilines is 1. The van der Waals surface area contributed by atoms with Crippen LogP contribution in [0.5, 0.6) is 0 Å². The van der Waals surface area contributed by atoms with E-state index in [-0.39, 0.29) is 0 Å². The highest BCUT2D eigenvalue weighted by molar-refractivity contribution is 6.33. The molecule has 2 rings (SSSR count). The number of aromatic nitrogens is 2. The van der Waals surface area contributed by atoms with Crippen molar-refractivity contribution >= 4 is 17.4 Å². The van der Waals surface area contributed by atoms with Gasteiger partial charge in [0.2, 0.25) is 0 Å². The van der Waals surface area contributed by atoms with Crippen LogP contribution in [-0.4, -0.2) is 9.78 Å². The first kappa shape index (κ1) is 10.1. The van der Waals surface area contributed by atoms with Gasteiger partial charge in [-0.25, -0.2) is 0 Å². The molecule has 1 heterocycles. The average Bonchev–Trinajstić information content (AvgIpc) is 2.51. The van der Waals surface area contributed by atoms with Crippen molar-refractivity contribution in [3.63, 3.8) is 0 Å². The Kier molecular flexibility index (Phi) is 2.40. The van der Waals surface area contributed by atoms with E-state index in [2.05, 4.69) is 5.10 Å². The summed E-state index contributed by atoms with van der Waals surface area (Å²) in [6.45, 7) is 2.02. The minimum absolute atomic E-state index is 0.627. The van der Waals surface area contributed by atoms with Crippen LogP contribution in [0.2, 0.25) is 5.02 Å². The van der Waals surface area contributed by atoms with Crippen LogP contribution in [0, 0.1) is 6.92 Å². The molecule has 0 saturated carbocycles. The molecule has 0 amide bonds. The lowest BCUT2D eigenvalue weighted by Gasteiger charge is -2.01. The first-order chi connectivity index (χ1) is 7.08. The van der Waals surface area contributed by atoms with Gasteiger partial charge < -0.3 is 5.73 Å². The maximum atomic E-state index is 6.10. The van der Waals surface area contributed by atoms with Gasteiger partial charge in [-0.15, -0.1) is 0 Å². The third-order valence-electron chi connectivity index (χ3n) is 2.31. The Balaban J connectivity index is 2.58. The van der Waals surface area contributed by atoms with E-state index >= 15 is 0 Å². The van der Waals surface area contributed by atoms with E-state index in [0.717, 1.165) is 16.8 Å². The zero-order valence-electron chi connectivity index (χ0n) is 8.66. The van der Waals surface area contributed by atoms with Gasteiger partial charge in [-0.05, 0) is 19.1 Å². The molecule has 0 atom stereocenters. The van der Waals surface area contributed by atoms with Crippen LogP contribution < -0.4 is 5.73 Å². The molecular weight excluding hydrogens is 210 g/mol. The van der Waals surface area contributed by atoms with Crippen LogP contribution in [0.25, 0.3) is 11.3 Å². The fraction of sp³-hybridized carbons (Fsp3) is 0.182. The van der Waals surface area contributed by atoms with E-state index in [4.69, 9.17) is 17.3 Å². The first-order valence-corrected chi connectivity index (χ1v) is 5.02. The number of hydrogen-bond acceptors (Lipinski definition) is 2. The molecule has 0 saturated heterocycles. The fourth-order valence-electron chi connectivity index (χ4n) is 1.45. The molecule has 15 heavy (non-hydrogen) atoms. The Morgan fingerprint density at radius 1 is 1.33 bits per heavy atom. The molecule has 78 valence electrons. The van der Waals surface area contributed by atoms with Gasteiger partial charge in [-0.2, -0.15) is 5.10 Å². The summed E-state index contributed by atoms with van der Waals surface area (Å²) in [5.41, 5.74) is 8.60. The summed E-state index contributed by atoms with van der Waals surface area (Å²) in [6.07, 6.45) is 0. The van der Waals surface area contributed by atoms with E-state index in [0.29, 0.717) is 10.8 Å². The maximum Gasteiger partial charge on any atom is 0.121 e. The number of aryl methyl sites for hydroxylation is 2. The molecule has 0 aliphatic heterocycles. The summed E-state index contributed by atoms with van der Waals surface area (Å²) < 4.78 is 1.63. The van der Waals surface area contributed by atoms with Crippen molar-refractivity contribution in [2.45, 2.75) is 6.92 Å². The smallest absolute Gasteiger partial charge is 0.121 e. The largest absolute Gasteiger partial charge is 0.384 e. The van der Waals surface area contributed by atoms with Crippen molar-refractivity contribution in [1.29, 1.82) is 0 Å². The van der Waals surface area contributed by atoms with Crippen LogP contribution >= 0.6 is 11.6 Å². The third kappa shape index (κ3) is 1.83. The van der Waals surface area contributed by atoms with Gasteiger partial charge in [0.25, 0.3) is 0 Å². The van der Waals surface area contributed by atoms with Crippen molar-refractivity contribution in [1.82, 2.24) is 9.78 Å². The predicted octanol–water partition coefficient (Wildman–Crippen LogP) is 2.63. The van der Waals surface area contributed by atoms with Gasteiger partial charge >= 0.3 is 0 Å². The molecule has 0 unspecified atom stereocenters. The van der Waals surface area contributed by atoms with Gasteiger partial charge in [-0.1, -0.05) is 23.2 Å². The Morgan fingerprint density at radius 3 is 2.67 bits per heavy atom. The Morgan fingerprint density at radius 2 is 2.07 bits per heavy atom.